The minimum absolute atomic E-state index is 0.152. The first-order valence-electron chi connectivity index (χ1n) is 6.74. The van der Waals surface area contributed by atoms with Gasteiger partial charge < -0.3 is 10.6 Å². The van der Waals surface area contributed by atoms with Crippen molar-refractivity contribution in [3.63, 3.8) is 0 Å². The number of carbonyl (C=O) groups is 1. The minimum Gasteiger partial charge on any atom is -0.328 e. The van der Waals surface area contributed by atoms with Gasteiger partial charge in [0.15, 0.2) is 0 Å². The lowest BCUT2D eigenvalue weighted by molar-refractivity contribution is 0.247. The van der Waals surface area contributed by atoms with Gasteiger partial charge in [0.1, 0.15) is 12.2 Å². The topological polar surface area (TPSA) is 71.8 Å². The molecule has 0 saturated heterocycles. The molecule has 0 radical (unpaired) electrons. The van der Waals surface area contributed by atoms with E-state index < -0.39 is 0 Å². The maximum atomic E-state index is 12.0. The number of amides is 2. The van der Waals surface area contributed by atoms with Gasteiger partial charge >= 0.3 is 6.03 Å². The van der Waals surface area contributed by atoms with Crippen LogP contribution in [-0.4, -0.2) is 20.8 Å². The predicted molar refractivity (Wildman–Crippen MR) is 77.3 cm³/mol. The molecule has 1 aromatic heterocycles. The van der Waals surface area contributed by atoms with E-state index in [2.05, 4.69) is 20.7 Å². The highest BCUT2D eigenvalue weighted by molar-refractivity contribution is 5.89. The van der Waals surface area contributed by atoms with Gasteiger partial charge in [-0.2, -0.15) is 5.10 Å². The summed E-state index contributed by atoms with van der Waals surface area (Å²) in [6.07, 6.45) is 2.26. The van der Waals surface area contributed by atoms with Gasteiger partial charge in [-0.25, -0.2) is 14.5 Å². The Kier molecular flexibility index (Phi) is 4.70. The number of rotatable bonds is 5. The van der Waals surface area contributed by atoms with Gasteiger partial charge in [0.05, 0.1) is 6.04 Å². The quantitative estimate of drug-likeness (QED) is 0.879. The molecule has 2 amide bonds. The van der Waals surface area contributed by atoms with Crippen LogP contribution in [0.2, 0.25) is 0 Å². The number of carbonyl (C=O) groups excluding carboxylic acids is 1. The fourth-order valence-corrected chi connectivity index (χ4v) is 1.98. The number of anilines is 1. The SMILES string of the molecule is CC[C@H](NC(=O)Nc1ccccc1)c1ncnn1CC. The molecule has 0 bridgehead atoms. The summed E-state index contributed by atoms with van der Waals surface area (Å²) in [5.74, 6) is 0.776. The molecule has 6 nitrogen and oxygen atoms in total. The Balaban J connectivity index is 2.01. The minimum atomic E-state index is -0.242. The van der Waals surface area contributed by atoms with Gasteiger partial charge in [0.25, 0.3) is 0 Å². The third kappa shape index (κ3) is 3.34. The van der Waals surface area contributed by atoms with Crippen LogP contribution in [0.3, 0.4) is 0 Å². The molecule has 20 heavy (non-hydrogen) atoms. The van der Waals surface area contributed by atoms with E-state index in [-0.39, 0.29) is 12.1 Å². The third-order valence-corrected chi connectivity index (χ3v) is 3.00. The van der Waals surface area contributed by atoms with Crippen LogP contribution < -0.4 is 10.6 Å². The van der Waals surface area contributed by atoms with Crippen molar-refractivity contribution in [1.82, 2.24) is 20.1 Å². The summed E-state index contributed by atoms with van der Waals surface area (Å²) in [4.78, 5) is 16.2. The van der Waals surface area contributed by atoms with Gasteiger partial charge in [0.2, 0.25) is 0 Å². The van der Waals surface area contributed by atoms with Crippen LogP contribution in [0.15, 0.2) is 36.7 Å². The van der Waals surface area contributed by atoms with Crippen molar-refractivity contribution in [2.24, 2.45) is 0 Å². The molecule has 0 spiro atoms. The highest BCUT2D eigenvalue weighted by atomic mass is 16.2. The fraction of sp³-hybridized carbons (Fsp3) is 0.357. The lowest BCUT2D eigenvalue weighted by Crippen LogP contribution is -2.33. The molecule has 0 saturated carbocycles. The molecule has 0 aliphatic carbocycles. The van der Waals surface area contributed by atoms with Crippen LogP contribution in [0.4, 0.5) is 10.5 Å². The van der Waals surface area contributed by atoms with Gasteiger partial charge in [-0.3, -0.25) is 0 Å². The highest BCUT2D eigenvalue weighted by Gasteiger charge is 2.17. The smallest absolute Gasteiger partial charge is 0.319 e. The number of para-hydroxylation sites is 1. The molecule has 1 atom stereocenters. The maximum Gasteiger partial charge on any atom is 0.319 e. The van der Waals surface area contributed by atoms with Gasteiger partial charge in [-0.05, 0) is 25.5 Å². The molecule has 0 aliphatic rings. The van der Waals surface area contributed by atoms with Crippen molar-refractivity contribution in [3.05, 3.63) is 42.5 Å². The number of nitrogens with one attached hydrogen (secondary N) is 2. The first-order chi connectivity index (χ1) is 9.74. The van der Waals surface area contributed by atoms with Crippen molar-refractivity contribution in [1.29, 1.82) is 0 Å². The van der Waals surface area contributed by atoms with Crippen molar-refractivity contribution < 1.29 is 4.79 Å². The van der Waals surface area contributed by atoms with Crippen molar-refractivity contribution in [3.8, 4) is 0 Å². The second kappa shape index (κ2) is 6.70. The Morgan fingerprint density at radius 2 is 2.05 bits per heavy atom. The Hall–Kier alpha value is -2.37. The molecular formula is C14H19N5O. The predicted octanol–water partition coefficient (Wildman–Crippen LogP) is 2.57. The van der Waals surface area contributed by atoms with E-state index in [9.17, 15) is 4.79 Å². The molecule has 2 aromatic rings. The highest BCUT2D eigenvalue weighted by Crippen LogP contribution is 2.14. The summed E-state index contributed by atoms with van der Waals surface area (Å²) in [6, 6.07) is 8.95. The number of hydrogen-bond acceptors (Lipinski definition) is 3. The zero-order chi connectivity index (χ0) is 14.4. The zero-order valence-corrected chi connectivity index (χ0v) is 11.7. The Morgan fingerprint density at radius 3 is 2.70 bits per heavy atom. The lowest BCUT2D eigenvalue weighted by atomic mass is 10.2. The van der Waals surface area contributed by atoms with Crippen molar-refractivity contribution in [2.45, 2.75) is 32.9 Å². The molecule has 2 N–H and O–H groups in total. The first-order valence-corrected chi connectivity index (χ1v) is 6.74. The summed E-state index contributed by atoms with van der Waals surface area (Å²) < 4.78 is 1.79. The van der Waals surface area contributed by atoms with Crippen LogP contribution in [0.1, 0.15) is 32.1 Å². The summed E-state index contributed by atoms with van der Waals surface area (Å²) in [7, 11) is 0. The maximum absolute atomic E-state index is 12.0. The lowest BCUT2D eigenvalue weighted by Gasteiger charge is -2.17. The second-order valence-corrected chi connectivity index (χ2v) is 4.36. The van der Waals surface area contributed by atoms with Crippen molar-refractivity contribution in [2.75, 3.05) is 5.32 Å². The van der Waals surface area contributed by atoms with Gasteiger partial charge in [0, 0.05) is 12.2 Å². The third-order valence-electron chi connectivity index (χ3n) is 3.00. The van der Waals surface area contributed by atoms with E-state index in [1.807, 2.05) is 44.2 Å². The average Bonchev–Trinajstić information content (AvgIpc) is 2.94. The Labute approximate surface area is 118 Å². The summed E-state index contributed by atoms with van der Waals surface area (Å²) in [6.45, 7) is 4.73. The van der Waals surface area contributed by atoms with Crippen LogP contribution in [0.5, 0.6) is 0 Å². The molecule has 1 aromatic carbocycles. The van der Waals surface area contributed by atoms with Crippen LogP contribution in [0, 0.1) is 0 Å². The van der Waals surface area contributed by atoms with Gasteiger partial charge in [-0.1, -0.05) is 25.1 Å². The van der Waals surface area contributed by atoms with Crippen molar-refractivity contribution >= 4 is 11.7 Å². The van der Waals surface area contributed by atoms with E-state index >= 15 is 0 Å². The molecule has 1 heterocycles. The number of aryl methyl sites for hydroxylation is 1. The number of hydrogen-bond donors (Lipinski definition) is 2. The summed E-state index contributed by atoms with van der Waals surface area (Å²) in [5.41, 5.74) is 0.761. The monoisotopic (exact) mass is 273 g/mol. The van der Waals surface area contributed by atoms with E-state index in [0.29, 0.717) is 0 Å². The van der Waals surface area contributed by atoms with Gasteiger partial charge in [-0.15, -0.1) is 0 Å². The number of nitrogens with zero attached hydrogens (tertiary/aromatic N) is 3. The second-order valence-electron chi connectivity index (χ2n) is 4.36. The Morgan fingerprint density at radius 1 is 1.30 bits per heavy atom. The standard InChI is InChI=1S/C14H19N5O/c1-3-12(13-15-10-16-19(13)4-2)18-14(20)17-11-8-6-5-7-9-11/h5-10,12H,3-4H2,1-2H3,(H2,17,18,20)/t12-/m0/s1. The largest absolute Gasteiger partial charge is 0.328 e. The molecule has 2 rings (SSSR count). The van der Waals surface area contributed by atoms with Crippen LogP contribution in [-0.2, 0) is 6.54 Å². The van der Waals surface area contributed by atoms with Crippen LogP contribution in [0.25, 0.3) is 0 Å². The Bertz CT molecular complexity index is 552. The molecule has 106 valence electrons. The molecule has 0 fully saturated rings. The van der Waals surface area contributed by atoms with E-state index in [4.69, 9.17) is 0 Å². The van der Waals surface area contributed by atoms with E-state index in [0.717, 1.165) is 24.5 Å². The zero-order valence-electron chi connectivity index (χ0n) is 11.7. The molecule has 0 aliphatic heterocycles. The van der Waals surface area contributed by atoms with E-state index in [1.165, 1.54) is 6.33 Å². The number of benzene rings is 1. The van der Waals surface area contributed by atoms with E-state index in [1.54, 1.807) is 4.68 Å². The molecule has 0 unspecified atom stereocenters. The summed E-state index contributed by atoms with van der Waals surface area (Å²) in [5, 5.41) is 9.85. The fourth-order valence-electron chi connectivity index (χ4n) is 1.98. The average molecular weight is 273 g/mol. The first kappa shape index (κ1) is 14.0. The normalized spacial score (nSPS) is 11.9. The number of aromatic nitrogens is 3. The summed E-state index contributed by atoms with van der Waals surface area (Å²) >= 11 is 0. The number of urea groups is 1. The van der Waals surface area contributed by atoms with Crippen LogP contribution >= 0.6 is 0 Å². The molecule has 6 heteroatoms. The molecular weight excluding hydrogens is 254 g/mol.